The molecule has 0 unspecified atom stereocenters. The van der Waals surface area contributed by atoms with E-state index in [0.29, 0.717) is 19.3 Å². The fraction of sp³-hybridized carbons (Fsp3) is 0.273. The SMILES string of the molecule is COc1ccc([C@@H]2CC(=O)C3=C(C2)NC(=O)C[C@@H]3c2ccc(Br)cc2)cc1. The van der Waals surface area contributed by atoms with Gasteiger partial charge in [0.25, 0.3) is 0 Å². The number of methoxy groups -OCH3 is 1. The van der Waals surface area contributed by atoms with Gasteiger partial charge in [0.15, 0.2) is 5.78 Å². The number of rotatable bonds is 3. The molecule has 1 aliphatic carbocycles. The molecule has 0 spiro atoms. The molecule has 1 heterocycles. The van der Waals surface area contributed by atoms with E-state index < -0.39 is 0 Å². The van der Waals surface area contributed by atoms with Gasteiger partial charge in [-0.25, -0.2) is 0 Å². The van der Waals surface area contributed by atoms with Gasteiger partial charge >= 0.3 is 0 Å². The molecule has 4 nitrogen and oxygen atoms in total. The van der Waals surface area contributed by atoms with Gasteiger partial charge in [0.2, 0.25) is 5.91 Å². The van der Waals surface area contributed by atoms with Gasteiger partial charge in [-0.05, 0) is 47.7 Å². The maximum atomic E-state index is 13.0. The predicted octanol–water partition coefficient (Wildman–Crippen LogP) is 4.46. The van der Waals surface area contributed by atoms with Crippen LogP contribution in [-0.4, -0.2) is 18.8 Å². The zero-order valence-electron chi connectivity index (χ0n) is 15.0. The molecule has 0 saturated heterocycles. The molecule has 2 aromatic carbocycles. The average Bonchev–Trinajstić information content (AvgIpc) is 2.67. The third kappa shape index (κ3) is 3.56. The first kappa shape index (κ1) is 18.0. The van der Waals surface area contributed by atoms with Crippen molar-refractivity contribution in [2.45, 2.75) is 31.1 Å². The molecule has 0 fully saturated rings. The Hall–Kier alpha value is -2.40. The molecule has 0 aromatic heterocycles. The number of hydrogen-bond acceptors (Lipinski definition) is 3. The number of hydrogen-bond donors (Lipinski definition) is 1. The van der Waals surface area contributed by atoms with Crippen LogP contribution in [0.3, 0.4) is 0 Å². The minimum Gasteiger partial charge on any atom is -0.497 e. The summed E-state index contributed by atoms with van der Waals surface area (Å²) in [6.45, 7) is 0. The number of ether oxygens (including phenoxy) is 1. The largest absolute Gasteiger partial charge is 0.497 e. The lowest BCUT2D eigenvalue weighted by Gasteiger charge is -2.34. The standard InChI is InChI=1S/C22H20BrNO3/c1-27-17-8-4-13(5-9-17)15-10-19-22(20(25)11-15)18(12-21(26)24-19)14-2-6-16(23)7-3-14/h2-9,15,18H,10-12H2,1H3,(H,24,26)/t15-,18+/m0/s1. The highest BCUT2D eigenvalue weighted by Crippen LogP contribution is 2.42. The maximum absolute atomic E-state index is 13.0. The fourth-order valence-corrected chi connectivity index (χ4v) is 4.32. The van der Waals surface area contributed by atoms with Gasteiger partial charge in [-0.1, -0.05) is 40.2 Å². The van der Waals surface area contributed by atoms with Crippen LogP contribution in [0.2, 0.25) is 0 Å². The maximum Gasteiger partial charge on any atom is 0.225 e. The highest BCUT2D eigenvalue weighted by Gasteiger charge is 2.38. The van der Waals surface area contributed by atoms with Gasteiger partial charge in [0.05, 0.1) is 7.11 Å². The summed E-state index contributed by atoms with van der Waals surface area (Å²) in [5.74, 6) is 0.814. The van der Waals surface area contributed by atoms with Gasteiger partial charge in [-0.3, -0.25) is 9.59 Å². The Morgan fingerprint density at radius 3 is 2.26 bits per heavy atom. The van der Waals surface area contributed by atoms with E-state index in [-0.39, 0.29) is 23.5 Å². The summed E-state index contributed by atoms with van der Waals surface area (Å²) in [6, 6.07) is 15.7. The van der Waals surface area contributed by atoms with Crippen molar-refractivity contribution in [1.29, 1.82) is 0 Å². The normalized spacial score (nSPS) is 22.3. The second-order valence-corrected chi connectivity index (χ2v) is 7.97. The molecule has 27 heavy (non-hydrogen) atoms. The van der Waals surface area contributed by atoms with Crippen molar-refractivity contribution < 1.29 is 14.3 Å². The van der Waals surface area contributed by atoms with Crippen LogP contribution in [0.4, 0.5) is 0 Å². The van der Waals surface area contributed by atoms with Crippen LogP contribution >= 0.6 is 15.9 Å². The Morgan fingerprint density at radius 2 is 1.59 bits per heavy atom. The van der Waals surface area contributed by atoms with E-state index in [1.807, 2.05) is 48.5 Å². The molecule has 0 radical (unpaired) electrons. The number of ketones is 1. The molecule has 0 saturated carbocycles. The van der Waals surface area contributed by atoms with E-state index >= 15 is 0 Å². The van der Waals surface area contributed by atoms with Crippen LogP contribution in [0, 0.1) is 0 Å². The van der Waals surface area contributed by atoms with Crippen LogP contribution in [0.5, 0.6) is 5.75 Å². The lowest BCUT2D eigenvalue weighted by Crippen LogP contribution is -2.38. The first-order chi connectivity index (χ1) is 13.0. The number of benzene rings is 2. The van der Waals surface area contributed by atoms with Gasteiger partial charge in [0.1, 0.15) is 5.75 Å². The third-order valence-electron chi connectivity index (χ3n) is 5.40. The molecule has 5 heteroatoms. The van der Waals surface area contributed by atoms with E-state index in [2.05, 4.69) is 21.2 Å². The molecule has 1 amide bonds. The number of carbonyl (C=O) groups is 2. The fourth-order valence-electron chi connectivity index (χ4n) is 4.05. The first-order valence-corrected chi connectivity index (χ1v) is 9.80. The summed E-state index contributed by atoms with van der Waals surface area (Å²) in [6.07, 6.45) is 1.46. The summed E-state index contributed by atoms with van der Waals surface area (Å²) in [5, 5.41) is 2.97. The van der Waals surface area contributed by atoms with Crippen molar-refractivity contribution in [3.8, 4) is 5.75 Å². The molecule has 0 bridgehead atoms. The highest BCUT2D eigenvalue weighted by atomic mass is 79.9. The predicted molar refractivity (Wildman–Crippen MR) is 107 cm³/mol. The average molecular weight is 426 g/mol. The van der Waals surface area contributed by atoms with E-state index in [0.717, 1.165) is 32.6 Å². The Kier molecular flexibility index (Phi) is 4.87. The number of halogens is 1. The van der Waals surface area contributed by atoms with Gasteiger partial charge in [0, 0.05) is 34.5 Å². The van der Waals surface area contributed by atoms with Gasteiger partial charge < -0.3 is 10.1 Å². The molecule has 2 aliphatic rings. The molecule has 138 valence electrons. The van der Waals surface area contributed by atoms with Crippen molar-refractivity contribution in [2.75, 3.05) is 7.11 Å². The van der Waals surface area contributed by atoms with Crippen LogP contribution < -0.4 is 10.1 Å². The summed E-state index contributed by atoms with van der Waals surface area (Å²) in [7, 11) is 1.63. The number of allylic oxidation sites excluding steroid dienone is 2. The number of amides is 1. The van der Waals surface area contributed by atoms with Crippen molar-refractivity contribution >= 4 is 27.6 Å². The van der Waals surface area contributed by atoms with Crippen molar-refractivity contribution in [2.24, 2.45) is 0 Å². The molecular formula is C22H20BrNO3. The lowest BCUT2D eigenvalue weighted by molar-refractivity contribution is -0.122. The summed E-state index contributed by atoms with van der Waals surface area (Å²) in [5.41, 5.74) is 3.67. The molecular weight excluding hydrogens is 406 g/mol. The lowest BCUT2D eigenvalue weighted by atomic mass is 9.73. The number of nitrogens with one attached hydrogen (secondary N) is 1. The van der Waals surface area contributed by atoms with Crippen molar-refractivity contribution in [1.82, 2.24) is 5.32 Å². The minimum absolute atomic E-state index is 0.0233. The third-order valence-corrected chi connectivity index (χ3v) is 5.92. The molecule has 1 N–H and O–H groups in total. The van der Waals surface area contributed by atoms with Crippen LogP contribution in [0.25, 0.3) is 0 Å². The Balaban J connectivity index is 1.67. The second-order valence-electron chi connectivity index (χ2n) is 7.05. The Bertz CT molecular complexity index is 916. The van der Waals surface area contributed by atoms with Crippen molar-refractivity contribution in [3.63, 3.8) is 0 Å². The zero-order valence-corrected chi connectivity index (χ0v) is 16.6. The molecule has 4 rings (SSSR count). The Labute approximate surface area is 166 Å². The van der Waals surface area contributed by atoms with Gasteiger partial charge in [-0.15, -0.1) is 0 Å². The van der Waals surface area contributed by atoms with E-state index in [4.69, 9.17) is 4.74 Å². The van der Waals surface area contributed by atoms with E-state index in [9.17, 15) is 9.59 Å². The molecule has 2 aromatic rings. The summed E-state index contributed by atoms with van der Waals surface area (Å²) < 4.78 is 6.19. The topological polar surface area (TPSA) is 55.4 Å². The van der Waals surface area contributed by atoms with E-state index in [1.165, 1.54) is 0 Å². The first-order valence-electron chi connectivity index (χ1n) is 9.00. The van der Waals surface area contributed by atoms with Crippen LogP contribution in [0.1, 0.15) is 42.2 Å². The highest BCUT2D eigenvalue weighted by molar-refractivity contribution is 9.10. The quantitative estimate of drug-likeness (QED) is 0.789. The van der Waals surface area contributed by atoms with Crippen LogP contribution in [0.15, 0.2) is 64.3 Å². The summed E-state index contributed by atoms with van der Waals surface area (Å²) >= 11 is 3.44. The number of Topliss-reactive ketones (excluding diaryl/α,β-unsaturated/α-hetero) is 1. The smallest absolute Gasteiger partial charge is 0.225 e. The van der Waals surface area contributed by atoms with Gasteiger partial charge in [-0.2, -0.15) is 0 Å². The number of carbonyl (C=O) groups excluding carboxylic acids is 2. The molecule has 2 atom stereocenters. The molecule has 1 aliphatic heterocycles. The van der Waals surface area contributed by atoms with Crippen LogP contribution in [-0.2, 0) is 9.59 Å². The second kappa shape index (κ2) is 7.31. The minimum atomic E-state index is -0.161. The Morgan fingerprint density at radius 1 is 0.926 bits per heavy atom. The zero-order chi connectivity index (χ0) is 19.0. The summed E-state index contributed by atoms with van der Waals surface area (Å²) in [4.78, 5) is 25.4. The van der Waals surface area contributed by atoms with Crippen molar-refractivity contribution in [3.05, 3.63) is 75.4 Å². The van der Waals surface area contributed by atoms with E-state index in [1.54, 1.807) is 7.11 Å². The monoisotopic (exact) mass is 425 g/mol.